The second kappa shape index (κ2) is 8.02. The molecule has 0 aromatic heterocycles. The third-order valence-corrected chi connectivity index (χ3v) is 3.21. The normalized spacial score (nSPS) is 12.0. The van der Waals surface area contributed by atoms with Crippen molar-refractivity contribution in [3.8, 4) is 5.75 Å². The van der Waals surface area contributed by atoms with E-state index in [1.165, 1.54) is 7.11 Å². The number of methoxy groups -OCH3 is 1. The van der Waals surface area contributed by atoms with Gasteiger partial charge in [-0.25, -0.2) is 0 Å². The van der Waals surface area contributed by atoms with E-state index in [4.69, 9.17) is 22.1 Å². The maximum Gasteiger partial charge on any atom is 0.308 e. The van der Waals surface area contributed by atoms with Crippen molar-refractivity contribution in [3.63, 3.8) is 0 Å². The zero-order chi connectivity index (χ0) is 14.3. The summed E-state index contributed by atoms with van der Waals surface area (Å²) in [6.45, 7) is 2.29. The number of carbonyl (C=O) groups excluding carboxylic acids is 1. The van der Waals surface area contributed by atoms with Gasteiger partial charge in [0.2, 0.25) is 0 Å². The topological polar surface area (TPSA) is 61.5 Å². The van der Waals surface area contributed by atoms with Gasteiger partial charge in [0, 0.05) is 16.6 Å². The summed E-state index contributed by atoms with van der Waals surface area (Å²) in [6, 6.07) is 5.51. The average molecular weight is 286 g/mol. The van der Waals surface area contributed by atoms with Gasteiger partial charge in [0.1, 0.15) is 5.75 Å². The predicted molar refractivity (Wildman–Crippen MR) is 75.6 cm³/mol. The molecular formula is C14H20ClNO3. The molecule has 0 aliphatic carbocycles. The molecule has 2 N–H and O–H groups in total. The van der Waals surface area contributed by atoms with Gasteiger partial charge in [0.25, 0.3) is 0 Å². The van der Waals surface area contributed by atoms with Crippen molar-refractivity contribution in [2.24, 2.45) is 5.73 Å². The van der Waals surface area contributed by atoms with Gasteiger partial charge < -0.3 is 15.2 Å². The number of carbonyl (C=O) groups is 1. The third kappa shape index (κ3) is 5.09. The lowest BCUT2D eigenvalue weighted by atomic mass is 10.0. The summed E-state index contributed by atoms with van der Waals surface area (Å²) in [5.41, 5.74) is 6.84. The molecule has 0 spiro atoms. The van der Waals surface area contributed by atoms with Crippen molar-refractivity contribution in [1.29, 1.82) is 0 Å². The van der Waals surface area contributed by atoms with Crippen LogP contribution in [-0.4, -0.2) is 25.7 Å². The largest absolute Gasteiger partial charge is 0.493 e. The monoisotopic (exact) mass is 285 g/mol. The van der Waals surface area contributed by atoms with E-state index in [2.05, 4.69) is 4.74 Å². The number of hydrogen-bond acceptors (Lipinski definition) is 4. The Bertz CT molecular complexity index is 423. The average Bonchev–Trinajstić information content (AvgIpc) is 2.41. The van der Waals surface area contributed by atoms with E-state index >= 15 is 0 Å². The lowest BCUT2D eigenvalue weighted by molar-refractivity contribution is -0.141. The lowest BCUT2D eigenvalue weighted by Crippen LogP contribution is -2.22. The van der Waals surface area contributed by atoms with E-state index in [1.807, 2.05) is 25.1 Å². The smallest absolute Gasteiger partial charge is 0.308 e. The van der Waals surface area contributed by atoms with Crippen molar-refractivity contribution in [3.05, 3.63) is 28.8 Å². The Labute approximate surface area is 118 Å². The van der Waals surface area contributed by atoms with Crippen LogP contribution in [-0.2, 0) is 16.0 Å². The Balaban J connectivity index is 2.71. The first-order valence-corrected chi connectivity index (χ1v) is 6.68. The Morgan fingerprint density at radius 3 is 2.84 bits per heavy atom. The molecule has 19 heavy (non-hydrogen) atoms. The molecule has 1 rings (SSSR count). The minimum atomic E-state index is -0.297. The zero-order valence-electron chi connectivity index (χ0n) is 11.3. The number of rotatable bonds is 7. The fourth-order valence-electron chi connectivity index (χ4n) is 1.63. The molecule has 1 aromatic rings. The molecule has 1 aromatic carbocycles. The van der Waals surface area contributed by atoms with Crippen LogP contribution in [0.3, 0.4) is 0 Å². The van der Waals surface area contributed by atoms with Crippen LogP contribution in [0.1, 0.15) is 25.3 Å². The molecule has 0 heterocycles. The van der Waals surface area contributed by atoms with Crippen LogP contribution in [0, 0.1) is 0 Å². The molecule has 1 atom stereocenters. The summed E-state index contributed by atoms with van der Waals surface area (Å²) in [7, 11) is 1.35. The first-order chi connectivity index (χ1) is 9.08. The Morgan fingerprint density at radius 2 is 2.21 bits per heavy atom. The summed E-state index contributed by atoms with van der Waals surface area (Å²) in [6.07, 6.45) is 1.73. The summed E-state index contributed by atoms with van der Waals surface area (Å²) in [5.74, 6) is 0.383. The number of ether oxygens (including phenoxy) is 2. The van der Waals surface area contributed by atoms with Crippen LogP contribution >= 0.6 is 11.6 Å². The molecule has 0 saturated carbocycles. The number of benzene rings is 1. The number of esters is 1. The fourth-order valence-corrected chi connectivity index (χ4v) is 1.87. The van der Waals surface area contributed by atoms with Gasteiger partial charge in [-0.3, -0.25) is 4.79 Å². The molecule has 0 amide bonds. The SMILES string of the molecule is CCC(N)Cc1c(Cl)cccc1OCCC(=O)OC. The first-order valence-electron chi connectivity index (χ1n) is 6.31. The second-order valence-electron chi connectivity index (χ2n) is 4.26. The summed E-state index contributed by atoms with van der Waals surface area (Å²) in [5, 5.41) is 0.638. The zero-order valence-corrected chi connectivity index (χ0v) is 12.1. The molecule has 106 valence electrons. The summed E-state index contributed by atoms with van der Waals surface area (Å²) >= 11 is 6.17. The summed E-state index contributed by atoms with van der Waals surface area (Å²) in [4.78, 5) is 11.0. The molecule has 0 aliphatic rings. The van der Waals surface area contributed by atoms with Gasteiger partial charge in [-0.15, -0.1) is 0 Å². The van der Waals surface area contributed by atoms with Crippen molar-refractivity contribution >= 4 is 17.6 Å². The number of nitrogens with two attached hydrogens (primary N) is 1. The van der Waals surface area contributed by atoms with Gasteiger partial charge in [-0.1, -0.05) is 24.6 Å². The van der Waals surface area contributed by atoms with Gasteiger partial charge in [-0.05, 0) is 25.0 Å². The van der Waals surface area contributed by atoms with E-state index in [9.17, 15) is 4.79 Å². The quantitative estimate of drug-likeness (QED) is 0.782. The number of halogens is 1. The highest BCUT2D eigenvalue weighted by Crippen LogP contribution is 2.28. The maximum absolute atomic E-state index is 11.0. The van der Waals surface area contributed by atoms with Crippen LogP contribution in [0.5, 0.6) is 5.75 Å². The molecular weight excluding hydrogens is 266 g/mol. The van der Waals surface area contributed by atoms with E-state index in [0.29, 0.717) is 17.2 Å². The van der Waals surface area contributed by atoms with E-state index in [0.717, 1.165) is 12.0 Å². The van der Waals surface area contributed by atoms with Crippen LogP contribution in [0.4, 0.5) is 0 Å². The predicted octanol–water partition coefficient (Wildman–Crippen LogP) is 2.56. The van der Waals surface area contributed by atoms with Crippen LogP contribution in [0.2, 0.25) is 5.02 Å². The van der Waals surface area contributed by atoms with Crippen molar-refractivity contribution in [2.75, 3.05) is 13.7 Å². The molecule has 0 saturated heterocycles. The van der Waals surface area contributed by atoms with Crippen LogP contribution < -0.4 is 10.5 Å². The summed E-state index contributed by atoms with van der Waals surface area (Å²) < 4.78 is 10.2. The van der Waals surface area contributed by atoms with Gasteiger partial charge in [0.05, 0.1) is 20.1 Å². The highest BCUT2D eigenvalue weighted by Gasteiger charge is 2.12. The molecule has 0 fully saturated rings. The van der Waals surface area contributed by atoms with Gasteiger partial charge in [-0.2, -0.15) is 0 Å². The fraction of sp³-hybridized carbons (Fsp3) is 0.500. The Kier molecular flexibility index (Phi) is 6.67. The minimum Gasteiger partial charge on any atom is -0.493 e. The molecule has 4 nitrogen and oxygen atoms in total. The highest BCUT2D eigenvalue weighted by atomic mass is 35.5. The van der Waals surface area contributed by atoms with E-state index in [-0.39, 0.29) is 25.0 Å². The van der Waals surface area contributed by atoms with Gasteiger partial charge in [0.15, 0.2) is 0 Å². The first kappa shape index (κ1) is 15.8. The lowest BCUT2D eigenvalue weighted by Gasteiger charge is -2.15. The third-order valence-electron chi connectivity index (χ3n) is 2.86. The molecule has 5 heteroatoms. The molecule has 0 radical (unpaired) electrons. The molecule has 1 unspecified atom stereocenters. The van der Waals surface area contributed by atoms with E-state index < -0.39 is 0 Å². The Hall–Kier alpha value is -1.26. The van der Waals surface area contributed by atoms with Crippen LogP contribution in [0.25, 0.3) is 0 Å². The number of hydrogen-bond donors (Lipinski definition) is 1. The highest BCUT2D eigenvalue weighted by molar-refractivity contribution is 6.31. The minimum absolute atomic E-state index is 0.0443. The van der Waals surface area contributed by atoms with Crippen molar-refractivity contribution < 1.29 is 14.3 Å². The Morgan fingerprint density at radius 1 is 1.47 bits per heavy atom. The standard InChI is InChI=1S/C14H20ClNO3/c1-3-10(16)9-11-12(15)5-4-6-13(11)19-8-7-14(17)18-2/h4-6,10H,3,7-9,16H2,1-2H3. The second-order valence-corrected chi connectivity index (χ2v) is 4.67. The van der Waals surface area contributed by atoms with E-state index in [1.54, 1.807) is 0 Å². The van der Waals surface area contributed by atoms with Crippen molar-refractivity contribution in [1.82, 2.24) is 0 Å². The molecule has 0 bridgehead atoms. The van der Waals surface area contributed by atoms with Crippen molar-refractivity contribution in [2.45, 2.75) is 32.2 Å². The van der Waals surface area contributed by atoms with Gasteiger partial charge >= 0.3 is 5.97 Å². The molecule has 0 aliphatic heterocycles. The maximum atomic E-state index is 11.0. The van der Waals surface area contributed by atoms with Crippen LogP contribution in [0.15, 0.2) is 18.2 Å².